The van der Waals surface area contributed by atoms with Crippen molar-refractivity contribution in [3.05, 3.63) is 52.8 Å². The van der Waals surface area contributed by atoms with E-state index in [1.807, 2.05) is 0 Å². The Bertz CT molecular complexity index is 915. The van der Waals surface area contributed by atoms with Gasteiger partial charge in [-0.1, -0.05) is 11.6 Å². The zero-order valence-electron chi connectivity index (χ0n) is 14.2. The lowest BCUT2D eigenvalue weighted by Gasteiger charge is -2.39. The second kappa shape index (κ2) is 7.08. The molecular formula is C19H16ClFN2O4. The van der Waals surface area contributed by atoms with Gasteiger partial charge in [-0.2, -0.15) is 0 Å². The lowest BCUT2D eigenvalue weighted by molar-refractivity contribution is -0.118. The van der Waals surface area contributed by atoms with Crippen molar-refractivity contribution in [2.24, 2.45) is 5.92 Å². The maximum atomic E-state index is 13.0. The van der Waals surface area contributed by atoms with Gasteiger partial charge < -0.3 is 19.7 Å². The van der Waals surface area contributed by atoms with Gasteiger partial charge in [0.2, 0.25) is 0 Å². The minimum Gasteiger partial charge on any atom is -0.492 e. The van der Waals surface area contributed by atoms with Gasteiger partial charge in [-0.15, -0.1) is 0 Å². The van der Waals surface area contributed by atoms with Gasteiger partial charge in [-0.3, -0.25) is 9.59 Å². The van der Waals surface area contributed by atoms with Crippen LogP contribution in [0.25, 0.3) is 0 Å². The summed E-state index contributed by atoms with van der Waals surface area (Å²) in [6, 6.07) is 8.96. The standard InChI is InChI=1S/C19H16ClFN2O4/c20-14-6-13(21)2-4-16(14)26-9-11-7-23(8-11)19(25)12-1-3-17-15(5-12)22-18(24)10-27-17/h1-6,11H,7-10H2,(H,22,24). The SMILES string of the molecule is O=C1COc2ccc(C(=O)N3CC(COc4ccc(F)cc4Cl)C3)cc2N1. The molecule has 4 rings (SSSR count). The fourth-order valence-corrected chi connectivity index (χ4v) is 3.26. The number of amides is 2. The molecule has 0 bridgehead atoms. The van der Waals surface area contributed by atoms with Crippen LogP contribution in [0.3, 0.4) is 0 Å². The summed E-state index contributed by atoms with van der Waals surface area (Å²) in [5, 5.41) is 2.92. The molecule has 0 spiro atoms. The largest absolute Gasteiger partial charge is 0.492 e. The van der Waals surface area contributed by atoms with Crippen molar-refractivity contribution in [3.63, 3.8) is 0 Å². The first-order chi connectivity index (χ1) is 13.0. The van der Waals surface area contributed by atoms with Crippen molar-refractivity contribution in [2.75, 3.05) is 31.6 Å². The molecule has 2 aromatic carbocycles. The molecule has 140 valence electrons. The average Bonchev–Trinajstić information content (AvgIpc) is 2.61. The van der Waals surface area contributed by atoms with E-state index in [0.29, 0.717) is 42.4 Å². The molecule has 0 unspecified atom stereocenters. The predicted molar refractivity (Wildman–Crippen MR) is 96.9 cm³/mol. The van der Waals surface area contributed by atoms with E-state index in [9.17, 15) is 14.0 Å². The third-order valence-electron chi connectivity index (χ3n) is 4.47. The van der Waals surface area contributed by atoms with Gasteiger partial charge in [-0.25, -0.2) is 4.39 Å². The van der Waals surface area contributed by atoms with Crippen molar-refractivity contribution in [2.45, 2.75) is 0 Å². The number of ether oxygens (including phenoxy) is 2. The average molecular weight is 391 g/mol. The summed E-state index contributed by atoms with van der Waals surface area (Å²) in [5.41, 5.74) is 0.990. The van der Waals surface area contributed by atoms with Gasteiger partial charge in [0.25, 0.3) is 11.8 Å². The molecule has 2 amide bonds. The number of hydrogen-bond acceptors (Lipinski definition) is 4. The molecule has 0 atom stereocenters. The normalized spacial score (nSPS) is 16.1. The summed E-state index contributed by atoms with van der Waals surface area (Å²) in [4.78, 5) is 25.7. The Balaban J connectivity index is 1.32. The summed E-state index contributed by atoms with van der Waals surface area (Å²) >= 11 is 5.93. The molecular weight excluding hydrogens is 375 g/mol. The third kappa shape index (κ3) is 3.68. The highest BCUT2D eigenvalue weighted by atomic mass is 35.5. The summed E-state index contributed by atoms with van der Waals surface area (Å²) in [7, 11) is 0. The van der Waals surface area contributed by atoms with E-state index in [0.717, 1.165) is 0 Å². The molecule has 0 aliphatic carbocycles. The number of halogens is 2. The Morgan fingerprint density at radius 2 is 2.11 bits per heavy atom. The van der Waals surface area contributed by atoms with Crippen molar-refractivity contribution < 1.29 is 23.5 Å². The van der Waals surface area contributed by atoms with E-state index in [1.165, 1.54) is 18.2 Å². The monoisotopic (exact) mass is 390 g/mol. The Kier molecular flexibility index (Phi) is 4.61. The molecule has 0 aromatic heterocycles. The number of nitrogens with zero attached hydrogens (tertiary/aromatic N) is 1. The number of rotatable bonds is 4. The van der Waals surface area contributed by atoms with Crippen LogP contribution in [-0.2, 0) is 4.79 Å². The van der Waals surface area contributed by atoms with Crippen LogP contribution in [0.15, 0.2) is 36.4 Å². The van der Waals surface area contributed by atoms with E-state index in [-0.39, 0.29) is 29.4 Å². The third-order valence-corrected chi connectivity index (χ3v) is 4.77. The number of carbonyl (C=O) groups excluding carboxylic acids is 2. The minimum absolute atomic E-state index is 0.0217. The first-order valence-corrected chi connectivity index (χ1v) is 8.81. The van der Waals surface area contributed by atoms with Crippen LogP contribution in [0.5, 0.6) is 11.5 Å². The smallest absolute Gasteiger partial charge is 0.262 e. The Hall–Kier alpha value is -2.80. The zero-order valence-corrected chi connectivity index (χ0v) is 15.0. The van der Waals surface area contributed by atoms with Crippen molar-refractivity contribution in [3.8, 4) is 11.5 Å². The van der Waals surface area contributed by atoms with Crippen LogP contribution < -0.4 is 14.8 Å². The molecule has 2 aromatic rings. The molecule has 1 fully saturated rings. The molecule has 1 N–H and O–H groups in total. The molecule has 27 heavy (non-hydrogen) atoms. The molecule has 0 saturated carbocycles. The molecule has 2 aliphatic rings. The maximum Gasteiger partial charge on any atom is 0.262 e. The number of benzene rings is 2. The predicted octanol–water partition coefficient (Wildman–Crippen LogP) is 2.96. The Morgan fingerprint density at radius 3 is 2.89 bits per heavy atom. The number of anilines is 1. The summed E-state index contributed by atoms with van der Waals surface area (Å²) in [6.07, 6.45) is 0. The highest BCUT2D eigenvalue weighted by Gasteiger charge is 2.32. The first kappa shape index (κ1) is 17.6. The fraction of sp³-hybridized carbons (Fsp3) is 0.263. The van der Waals surface area contributed by atoms with Gasteiger partial charge in [0.1, 0.15) is 17.3 Å². The van der Waals surface area contributed by atoms with Gasteiger partial charge >= 0.3 is 0 Å². The van der Waals surface area contributed by atoms with Crippen LogP contribution >= 0.6 is 11.6 Å². The first-order valence-electron chi connectivity index (χ1n) is 8.43. The maximum absolute atomic E-state index is 13.0. The van der Waals surface area contributed by atoms with Gasteiger partial charge in [0.15, 0.2) is 6.61 Å². The molecule has 0 radical (unpaired) electrons. The summed E-state index contributed by atoms with van der Waals surface area (Å²) in [5.74, 6) is 0.377. The van der Waals surface area contributed by atoms with Gasteiger partial charge in [-0.05, 0) is 36.4 Å². The van der Waals surface area contributed by atoms with Crippen LogP contribution in [-0.4, -0.2) is 43.0 Å². The number of nitrogens with one attached hydrogen (secondary N) is 1. The van der Waals surface area contributed by atoms with Crippen LogP contribution in [0.4, 0.5) is 10.1 Å². The van der Waals surface area contributed by atoms with Gasteiger partial charge in [0.05, 0.1) is 17.3 Å². The van der Waals surface area contributed by atoms with E-state index >= 15 is 0 Å². The molecule has 2 heterocycles. The minimum atomic E-state index is -0.417. The van der Waals surface area contributed by atoms with Crippen molar-refractivity contribution in [1.82, 2.24) is 4.90 Å². The number of likely N-dealkylation sites (tertiary alicyclic amines) is 1. The topological polar surface area (TPSA) is 67.9 Å². The zero-order chi connectivity index (χ0) is 19.0. The van der Waals surface area contributed by atoms with Crippen molar-refractivity contribution in [1.29, 1.82) is 0 Å². The second-order valence-corrected chi connectivity index (χ2v) is 6.92. The molecule has 8 heteroatoms. The molecule has 2 aliphatic heterocycles. The number of fused-ring (bicyclic) bond motifs is 1. The Morgan fingerprint density at radius 1 is 1.30 bits per heavy atom. The van der Waals surface area contributed by atoms with E-state index in [2.05, 4.69) is 5.32 Å². The second-order valence-electron chi connectivity index (χ2n) is 6.51. The lowest BCUT2D eigenvalue weighted by atomic mass is 9.99. The highest BCUT2D eigenvalue weighted by molar-refractivity contribution is 6.32. The quantitative estimate of drug-likeness (QED) is 0.871. The molecule has 6 nitrogen and oxygen atoms in total. The molecule has 1 saturated heterocycles. The lowest BCUT2D eigenvalue weighted by Crippen LogP contribution is -2.52. The van der Waals surface area contributed by atoms with E-state index in [1.54, 1.807) is 23.1 Å². The highest BCUT2D eigenvalue weighted by Crippen LogP contribution is 2.30. The van der Waals surface area contributed by atoms with E-state index in [4.69, 9.17) is 21.1 Å². The van der Waals surface area contributed by atoms with E-state index < -0.39 is 5.82 Å². The van der Waals surface area contributed by atoms with Gasteiger partial charge in [0, 0.05) is 24.6 Å². The number of carbonyl (C=O) groups is 2. The Labute approximate surface area is 159 Å². The fourth-order valence-electron chi connectivity index (χ4n) is 3.04. The van der Waals surface area contributed by atoms with Crippen molar-refractivity contribution >= 4 is 29.1 Å². The van der Waals surface area contributed by atoms with Crippen LogP contribution in [0, 0.1) is 11.7 Å². The van der Waals surface area contributed by atoms with Crippen LogP contribution in [0.1, 0.15) is 10.4 Å². The van der Waals surface area contributed by atoms with Crippen LogP contribution in [0.2, 0.25) is 5.02 Å². The number of hydrogen-bond donors (Lipinski definition) is 1. The summed E-state index contributed by atoms with van der Waals surface area (Å²) in [6.45, 7) is 1.48. The summed E-state index contributed by atoms with van der Waals surface area (Å²) < 4.78 is 23.9.